The molecular formula is C16H34O5Si. The third-order valence-electron chi connectivity index (χ3n) is 3.39. The maximum absolute atomic E-state index is 12.5. The molecule has 0 aromatic carbocycles. The van der Waals surface area contributed by atoms with Crippen LogP contribution in [0.1, 0.15) is 73.6 Å². The molecule has 0 aromatic rings. The smallest absolute Gasteiger partial charge is 0.451 e. The third kappa shape index (κ3) is 7.72. The maximum atomic E-state index is 12.5. The number of rotatable bonds is 13. The second-order valence-corrected chi connectivity index (χ2v) is 7.95. The average Bonchev–Trinajstić information content (AvgIpc) is 2.44. The van der Waals surface area contributed by atoms with Gasteiger partial charge in [-0.05, 0) is 41.0 Å². The summed E-state index contributed by atoms with van der Waals surface area (Å²) >= 11 is 0. The van der Waals surface area contributed by atoms with E-state index in [-0.39, 0.29) is 5.97 Å². The lowest BCUT2D eigenvalue weighted by atomic mass is 9.87. The van der Waals surface area contributed by atoms with Crippen molar-refractivity contribution in [3.63, 3.8) is 0 Å². The minimum atomic E-state index is -3.37. The summed E-state index contributed by atoms with van der Waals surface area (Å²) < 4.78 is 22.3. The fourth-order valence-corrected chi connectivity index (χ4v) is 4.08. The van der Waals surface area contributed by atoms with Crippen LogP contribution >= 0.6 is 0 Å². The number of hydrogen-bond donors (Lipinski definition) is 0. The number of unbranched alkanes of at least 4 members (excludes halogenated alkanes) is 3. The van der Waals surface area contributed by atoms with Gasteiger partial charge in [0, 0.05) is 19.8 Å². The van der Waals surface area contributed by atoms with Gasteiger partial charge in [0.2, 0.25) is 0 Å². The molecule has 0 aliphatic rings. The van der Waals surface area contributed by atoms with Crippen molar-refractivity contribution in [1.29, 1.82) is 0 Å². The van der Waals surface area contributed by atoms with Crippen molar-refractivity contribution in [2.45, 2.75) is 73.6 Å². The molecule has 132 valence electrons. The van der Waals surface area contributed by atoms with Crippen molar-refractivity contribution in [3.8, 4) is 0 Å². The molecule has 0 radical (unpaired) electrons. The van der Waals surface area contributed by atoms with Crippen LogP contribution in [-0.2, 0) is 22.5 Å². The molecule has 6 heteroatoms. The molecule has 0 N–H and O–H groups in total. The van der Waals surface area contributed by atoms with Crippen molar-refractivity contribution in [2.75, 3.05) is 19.8 Å². The summed E-state index contributed by atoms with van der Waals surface area (Å²) in [5, 5.41) is 0. The molecular weight excluding hydrogens is 300 g/mol. The molecule has 0 aromatic heterocycles. The predicted molar refractivity (Wildman–Crippen MR) is 89.3 cm³/mol. The summed E-state index contributed by atoms with van der Waals surface area (Å²) in [6, 6.07) is 0. The molecule has 22 heavy (non-hydrogen) atoms. The first-order chi connectivity index (χ1) is 10.4. The summed E-state index contributed by atoms with van der Waals surface area (Å²) in [7, 11) is -3.37. The highest BCUT2D eigenvalue weighted by Gasteiger charge is 2.51. The van der Waals surface area contributed by atoms with Crippen molar-refractivity contribution in [2.24, 2.45) is 5.41 Å². The Morgan fingerprint density at radius 2 is 1.36 bits per heavy atom. The van der Waals surface area contributed by atoms with Crippen LogP contribution in [0.3, 0.4) is 0 Å². The molecule has 5 nitrogen and oxygen atoms in total. The lowest BCUT2D eigenvalue weighted by Crippen LogP contribution is -2.52. The molecule has 0 aliphatic heterocycles. The summed E-state index contributed by atoms with van der Waals surface area (Å²) in [6.45, 7) is 12.7. The standard InChI is InChI=1S/C16H34O5Si/c1-7-11-12-13-14-16(5,6)15(17)21-22(18-8-2,19-9-3)20-10-4/h7-14H2,1-6H3. The van der Waals surface area contributed by atoms with E-state index in [2.05, 4.69) is 6.92 Å². The zero-order chi connectivity index (χ0) is 17.1. The van der Waals surface area contributed by atoms with E-state index in [1.165, 1.54) is 12.8 Å². The molecule has 0 rings (SSSR count). The Morgan fingerprint density at radius 1 is 0.864 bits per heavy atom. The molecule has 0 bridgehead atoms. The minimum absolute atomic E-state index is 0.300. The highest BCUT2D eigenvalue weighted by atomic mass is 28.4. The van der Waals surface area contributed by atoms with Crippen LogP contribution in [0.2, 0.25) is 0 Å². The van der Waals surface area contributed by atoms with Gasteiger partial charge >= 0.3 is 15.0 Å². The Kier molecular flexibility index (Phi) is 10.9. The molecule has 0 unspecified atom stereocenters. The number of carbonyl (C=O) groups excluding carboxylic acids is 1. The van der Waals surface area contributed by atoms with E-state index in [4.69, 9.17) is 17.7 Å². The van der Waals surface area contributed by atoms with Gasteiger partial charge in [0.1, 0.15) is 0 Å². The van der Waals surface area contributed by atoms with Gasteiger partial charge in [-0.2, -0.15) is 0 Å². The Hall–Kier alpha value is -0.433. The van der Waals surface area contributed by atoms with Crippen LogP contribution in [0, 0.1) is 5.41 Å². The highest BCUT2D eigenvalue weighted by Crippen LogP contribution is 2.28. The maximum Gasteiger partial charge on any atom is 0.751 e. The van der Waals surface area contributed by atoms with E-state index < -0.39 is 14.5 Å². The normalized spacial score (nSPS) is 12.5. The first kappa shape index (κ1) is 21.6. The van der Waals surface area contributed by atoms with Crippen molar-refractivity contribution >= 4 is 15.0 Å². The summed E-state index contributed by atoms with van der Waals surface area (Å²) in [6.07, 6.45) is 5.32. The van der Waals surface area contributed by atoms with Crippen molar-refractivity contribution in [3.05, 3.63) is 0 Å². The van der Waals surface area contributed by atoms with Crippen molar-refractivity contribution < 1.29 is 22.5 Å². The molecule has 0 heterocycles. The number of carbonyl (C=O) groups is 1. The van der Waals surface area contributed by atoms with E-state index in [0.717, 1.165) is 19.3 Å². The first-order valence-corrected chi connectivity index (χ1v) is 10.2. The fourth-order valence-electron chi connectivity index (χ4n) is 2.09. The van der Waals surface area contributed by atoms with Crippen LogP contribution in [0.25, 0.3) is 0 Å². The summed E-state index contributed by atoms with van der Waals surface area (Å²) in [5.74, 6) is -0.300. The lowest BCUT2D eigenvalue weighted by molar-refractivity contribution is -0.155. The van der Waals surface area contributed by atoms with Crippen LogP contribution in [0.5, 0.6) is 0 Å². The van der Waals surface area contributed by atoms with Gasteiger partial charge in [0.15, 0.2) is 0 Å². The number of hydrogen-bond acceptors (Lipinski definition) is 5. The second-order valence-electron chi connectivity index (χ2n) is 5.88. The van der Waals surface area contributed by atoms with E-state index in [0.29, 0.717) is 19.8 Å². The Balaban J connectivity index is 4.75. The molecule has 0 atom stereocenters. The van der Waals surface area contributed by atoms with Gasteiger partial charge in [-0.3, -0.25) is 4.79 Å². The van der Waals surface area contributed by atoms with Gasteiger partial charge in [-0.1, -0.05) is 32.6 Å². The molecule has 0 saturated carbocycles. The summed E-state index contributed by atoms with van der Waals surface area (Å²) in [5.41, 5.74) is -0.558. The molecule has 0 aliphatic carbocycles. The van der Waals surface area contributed by atoms with Crippen LogP contribution in [0.15, 0.2) is 0 Å². The Morgan fingerprint density at radius 3 is 1.77 bits per heavy atom. The van der Waals surface area contributed by atoms with Crippen molar-refractivity contribution in [1.82, 2.24) is 0 Å². The van der Waals surface area contributed by atoms with Crippen LogP contribution in [0.4, 0.5) is 0 Å². The summed E-state index contributed by atoms with van der Waals surface area (Å²) in [4.78, 5) is 12.5. The monoisotopic (exact) mass is 334 g/mol. The predicted octanol–water partition coefficient (Wildman–Crippen LogP) is 4.07. The largest absolute Gasteiger partial charge is 0.751 e. The van der Waals surface area contributed by atoms with Gasteiger partial charge in [-0.25, -0.2) is 0 Å². The minimum Gasteiger partial charge on any atom is -0.451 e. The van der Waals surface area contributed by atoms with E-state index in [1.807, 2.05) is 34.6 Å². The Labute approximate surface area is 137 Å². The highest BCUT2D eigenvalue weighted by molar-refractivity contribution is 6.55. The van der Waals surface area contributed by atoms with E-state index in [1.54, 1.807) is 0 Å². The quantitative estimate of drug-likeness (QED) is 0.375. The van der Waals surface area contributed by atoms with Gasteiger partial charge < -0.3 is 17.7 Å². The topological polar surface area (TPSA) is 54.0 Å². The van der Waals surface area contributed by atoms with Crippen LogP contribution < -0.4 is 0 Å². The fraction of sp³-hybridized carbons (Fsp3) is 0.938. The molecule has 0 amide bonds. The van der Waals surface area contributed by atoms with Crippen LogP contribution in [-0.4, -0.2) is 34.8 Å². The lowest BCUT2D eigenvalue weighted by Gasteiger charge is -2.30. The van der Waals surface area contributed by atoms with E-state index >= 15 is 0 Å². The zero-order valence-electron chi connectivity index (χ0n) is 15.2. The average molecular weight is 335 g/mol. The van der Waals surface area contributed by atoms with Gasteiger partial charge in [-0.15, -0.1) is 0 Å². The zero-order valence-corrected chi connectivity index (χ0v) is 16.2. The molecule has 0 spiro atoms. The third-order valence-corrected chi connectivity index (χ3v) is 5.75. The SMILES string of the molecule is CCCCCCC(C)(C)C(=O)O[Si](OCC)(OCC)OCC. The first-order valence-electron chi connectivity index (χ1n) is 8.52. The van der Waals surface area contributed by atoms with Gasteiger partial charge in [0.05, 0.1) is 5.41 Å². The molecule has 0 fully saturated rings. The van der Waals surface area contributed by atoms with E-state index in [9.17, 15) is 4.79 Å². The molecule has 0 saturated heterocycles. The Bertz CT molecular complexity index is 290. The second kappa shape index (κ2) is 11.2. The van der Waals surface area contributed by atoms with Gasteiger partial charge in [0.25, 0.3) is 0 Å².